The number of aromatic nitrogens is 3. The Morgan fingerprint density at radius 1 is 1.07 bits per heavy atom. The summed E-state index contributed by atoms with van der Waals surface area (Å²) in [6.07, 6.45) is -3.22. The third kappa shape index (κ3) is 4.63. The van der Waals surface area contributed by atoms with Gasteiger partial charge < -0.3 is 4.74 Å². The Bertz CT molecular complexity index is 889. The van der Waals surface area contributed by atoms with E-state index in [1.807, 2.05) is 31.2 Å². The van der Waals surface area contributed by atoms with Crippen LogP contribution < -0.4 is 10.6 Å². The molecule has 0 aliphatic carbocycles. The van der Waals surface area contributed by atoms with Gasteiger partial charge in [-0.25, -0.2) is 14.7 Å². The molecule has 6 nitrogen and oxygen atoms in total. The van der Waals surface area contributed by atoms with Crippen molar-refractivity contribution in [1.82, 2.24) is 19.8 Å². The number of nitrogens with two attached hydrogens (primary N) is 1. The zero-order chi connectivity index (χ0) is 19.6. The van der Waals surface area contributed by atoms with Crippen LogP contribution in [-0.2, 0) is 0 Å². The first-order chi connectivity index (χ1) is 12.7. The molecule has 0 radical (unpaired) electrons. The maximum Gasteiger partial charge on any atom is 0.573 e. The van der Waals surface area contributed by atoms with Crippen LogP contribution in [0, 0.1) is 0 Å². The average molecular weight is 377 g/mol. The first-order valence-corrected chi connectivity index (χ1v) is 8.08. The summed E-state index contributed by atoms with van der Waals surface area (Å²) in [5.74, 6) is 5.98. The first-order valence-electron chi connectivity index (χ1n) is 8.08. The fourth-order valence-corrected chi connectivity index (χ4v) is 2.47. The Morgan fingerprint density at radius 3 is 2.26 bits per heavy atom. The Hall–Kier alpha value is -2.91. The highest BCUT2D eigenvalue weighted by molar-refractivity contribution is 5.55. The van der Waals surface area contributed by atoms with Crippen LogP contribution in [0.1, 0.15) is 18.5 Å². The largest absolute Gasteiger partial charge is 0.573 e. The van der Waals surface area contributed by atoms with Crippen molar-refractivity contribution in [1.29, 1.82) is 0 Å². The van der Waals surface area contributed by atoms with Gasteiger partial charge in [-0.15, -0.1) is 18.3 Å². The van der Waals surface area contributed by atoms with Crippen LogP contribution >= 0.6 is 0 Å². The van der Waals surface area contributed by atoms with Gasteiger partial charge in [-0.3, -0.25) is 5.84 Å². The summed E-state index contributed by atoms with van der Waals surface area (Å²) in [5.41, 5.74) is 2.45. The molecule has 0 aliphatic heterocycles. The maximum absolute atomic E-state index is 12.2. The number of benzene rings is 2. The van der Waals surface area contributed by atoms with Gasteiger partial charge in [0, 0.05) is 18.7 Å². The normalized spacial score (nSPS) is 13.0. The summed E-state index contributed by atoms with van der Waals surface area (Å²) < 4.78 is 42.0. The fraction of sp³-hybridized carbons (Fsp3) is 0.222. The Kier molecular flexibility index (Phi) is 5.15. The van der Waals surface area contributed by atoms with Crippen molar-refractivity contribution < 1.29 is 17.9 Å². The van der Waals surface area contributed by atoms with E-state index >= 15 is 0 Å². The summed E-state index contributed by atoms with van der Waals surface area (Å²) in [4.78, 5) is 4.26. The fourth-order valence-electron chi connectivity index (χ4n) is 2.47. The summed E-state index contributed by atoms with van der Waals surface area (Å²) in [6, 6.07) is 13.2. The minimum absolute atomic E-state index is 0.0713. The third-order valence-corrected chi connectivity index (χ3v) is 4.09. The lowest BCUT2D eigenvalue weighted by Crippen LogP contribution is -2.29. The van der Waals surface area contributed by atoms with Crippen LogP contribution in [0.2, 0.25) is 0 Å². The van der Waals surface area contributed by atoms with Crippen molar-refractivity contribution in [3.05, 3.63) is 60.4 Å². The van der Waals surface area contributed by atoms with E-state index < -0.39 is 6.36 Å². The molecule has 0 aliphatic rings. The summed E-state index contributed by atoms with van der Waals surface area (Å²) in [7, 11) is 1.80. The molecule has 2 aromatic carbocycles. The third-order valence-electron chi connectivity index (χ3n) is 4.09. The van der Waals surface area contributed by atoms with Crippen molar-refractivity contribution in [2.75, 3.05) is 7.05 Å². The van der Waals surface area contributed by atoms with Crippen LogP contribution in [0.3, 0.4) is 0 Å². The van der Waals surface area contributed by atoms with E-state index in [0.29, 0.717) is 11.5 Å². The Morgan fingerprint density at radius 2 is 1.70 bits per heavy atom. The average Bonchev–Trinajstić information content (AvgIpc) is 3.10. The molecule has 142 valence electrons. The van der Waals surface area contributed by atoms with E-state index in [1.165, 1.54) is 35.3 Å². The van der Waals surface area contributed by atoms with Crippen LogP contribution in [0.5, 0.6) is 5.75 Å². The van der Waals surface area contributed by atoms with E-state index in [0.717, 1.165) is 11.1 Å². The van der Waals surface area contributed by atoms with Gasteiger partial charge in [0.2, 0.25) is 0 Å². The molecule has 0 saturated heterocycles. The maximum atomic E-state index is 12.2. The molecule has 27 heavy (non-hydrogen) atoms. The van der Waals surface area contributed by atoms with Gasteiger partial charge in [0.05, 0.1) is 5.69 Å². The number of hydrogen-bond acceptors (Lipinski definition) is 5. The van der Waals surface area contributed by atoms with Gasteiger partial charge in [-0.05, 0) is 36.8 Å². The molecule has 0 spiro atoms. The minimum Gasteiger partial charge on any atom is -0.406 e. The predicted octanol–water partition coefficient (Wildman–Crippen LogP) is 3.70. The molecule has 1 aromatic heterocycles. The van der Waals surface area contributed by atoms with Crippen LogP contribution in [0.15, 0.2) is 54.9 Å². The van der Waals surface area contributed by atoms with Crippen molar-refractivity contribution in [2.45, 2.75) is 19.3 Å². The molecule has 0 bridgehead atoms. The lowest BCUT2D eigenvalue weighted by molar-refractivity contribution is -0.274. The Labute approximate surface area is 154 Å². The quantitative estimate of drug-likeness (QED) is 0.542. The van der Waals surface area contributed by atoms with Crippen molar-refractivity contribution in [3.8, 4) is 22.8 Å². The summed E-state index contributed by atoms with van der Waals surface area (Å²) in [6.45, 7) is 1.99. The van der Waals surface area contributed by atoms with Gasteiger partial charge in [0.1, 0.15) is 12.1 Å². The molecule has 3 rings (SSSR count). The highest BCUT2D eigenvalue weighted by Gasteiger charge is 2.31. The molecule has 0 saturated carbocycles. The Balaban J connectivity index is 1.76. The van der Waals surface area contributed by atoms with Gasteiger partial charge in [0.25, 0.3) is 0 Å². The van der Waals surface area contributed by atoms with E-state index in [9.17, 15) is 13.2 Å². The molecule has 0 amide bonds. The smallest absolute Gasteiger partial charge is 0.406 e. The first kappa shape index (κ1) is 18.9. The monoisotopic (exact) mass is 377 g/mol. The summed E-state index contributed by atoms with van der Waals surface area (Å²) >= 11 is 0. The van der Waals surface area contributed by atoms with Crippen molar-refractivity contribution in [3.63, 3.8) is 0 Å². The molecule has 9 heteroatoms. The second-order valence-electron chi connectivity index (χ2n) is 6.02. The molecule has 0 fully saturated rings. The molecular formula is C18H18F3N5O. The lowest BCUT2D eigenvalue weighted by atomic mass is 10.1. The standard InChI is InChI=1S/C18H18F3N5O/c1-12(25(2)22)13-3-5-14(6-4-13)17-23-11-26(24-17)15-7-9-16(10-8-15)27-18(19,20)21/h3-12H,22H2,1-2H3. The highest BCUT2D eigenvalue weighted by atomic mass is 19.4. The van der Waals surface area contributed by atoms with Crippen LogP contribution in [-0.4, -0.2) is 33.2 Å². The molecule has 1 unspecified atom stereocenters. The van der Waals surface area contributed by atoms with Gasteiger partial charge >= 0.3 is 6.36 Å². The molecule has 1 atom stereocenters. The topological polar surface area (TPSA) is 69.2 Å². The zero-order valence-electron chi connectivity index (χ0n) is 14.7. The number of hydrogen-bond donors (Lipinski definition) is 1. The van der Waals surface area contributed by atoms with E-state index in [2.05, 4.69) is 14.8 Å². The molecular weight excluding hydrogens is 359 g/mol. The zero-order valence-corrected chi connectivity index (χ0v) is 14.7. The van der Waals surface area contributed by atoms with Crippen LogP contribution in [0.25, 0.3) is 17.1 Å². The number of nitrogens with zero attached hydrogens (tertiary/aromatic N) is 4. The number of hydrazine groups is 1. The van der Waals surface area contributed by atoms with E-state index in [1.54, 1.807) is 12.1 Å². The minimum atomic E-state index is -4.72. The van der Waals surface area contributed by atoms with Crippen molar-refractivity contribution in [2.24, 2.45) is 5.84 Å². The highest BCUT2D eigenvalue weighted by Crippen LogP contribution is 2.24. The second-order valence-corrected chi connectivity index (χ2v) is 6.02. The number of halogens is 3. The SMILES string of the molecule is CC(c1ccc(-c2ncn(-c3ccc(OC(F)(F)F)cc3)n2)cc1)N(C)N. The number of ether oxygens (including phenoxy) is 1. The van der Waals surface area contributed by atoms with E-state index in [4.69, 9.17) is 5.84 Å². The van der Waals surface area contributed by atoms with Gasteiger partial charge in [0.15, 0.2) is 5.82 Å². The van der Waals surface area contributed by atoms with Crippen LogP contribution in [0.4, 0.5) is 13.2 Å². The molecule has 2 N–H and O–H groups in total. The summed E-state index contributed by atoms with van der Waals surface area (Å²) in [5, 5.41) is 5.99. The second kappa shape index (κ2) is 7.37. The van der Waals surface area contributed by atoms with Crippen molar-refractivity contribution >= 4 is 0 Å². The number of alkyl halides is 3. The van der Waals surface area contributed by atoms with E-state index in [-0.39, 0.29) is 11.8 Å². The van der Waals surface area contributed by atoms with Gasteiger partial charge in [-0.2, -0.15) is 0 Å². The molecule has 3 aromatic rings. The van der Waals surface area contributed by atoms with Gasteiger partial charge in [-0.1, -0.05) is 24.3 Å². The molecule has 1 heterocycles. The number of rotatable bonds is 5. The lowest BCUT2D eigenvalue weighted by Gasteiger charge is -2.19. The predicted molar refractivity (Wildman–Crippen MR) is 93.8 cm³/mol.